The Bertz CT molecular complexity index is 1690. The highest BCUT2D eigenvalue weighted by molar-refractivity contribution is 7.47. The third-order valence-corrected chi connectivity index (χ3v) is 17.7. The summed E-state index contributed by atoms with van der Waals surface area (Å²) < 4.78 is 67.8. The first kappa shape index (κ1) is 84.1. The number of phosphoric acid groups is 2. The van der Waals surface area contributed by atoms with Crippen molar-refractivity contribution in [1.29, 1.82) is 0 Å². The van der Waals surface area contributed by atoms with Crippen molar-refractivity contribution in [2.45, 2.75) is 355 Å². The molecule has 0 aliphatic heterocycles. The van der Waals surface area contributed by atoms with Gasteiger partial charge in [0.25, 0.3) is 0 Å². The summed E-state index contributed by atoms with van der Waals surface area (Å²) in [7, 11) is -9.88. The minimum absolute atomic E-state index is 0.104. The molecule has 0 saturated carbocycles. The second kappa shape index (κ2) is 59.4. The van der Waals surface area contributed by atoms with Crippen LogP contribution in [0.1, 0.15) is 337 Å². The molecule has 6 atom stereocenters. The molecule has 0 heterocycles. The van der Waals surface area contributed by atoms with Gasteiger partial charge in [0.2, 0.25) is 0 Å². The highest BCUT2D eigenvalue weighted by Gasteiger charge is 2.30. The van der Waals surface area contributed by atoms with Gasteiger partial charge in [-0.3, -0.25) is 37.3 Å². The zero-order chi connectivity index (χ0) is 63.6. The van der Waals surface area contributed by atoms with Gasteiger partial charge in [-0.05, 0) is 37.5 Å². The molecule has 0 saturated heterocycles. The van der Waals surface area contributed by atoms with Crippen LogP contribution in [0.15, 0.2) is 0 Å². The van der Waals surface area contributed by atoms with Crippen LogP contribution in [0.3, 0.4) is 0 Å². The first-order valence-corrected chi connectivity index (χ1v) is 38.0. The quantitative estimate of drug-likeness (QED) is 0.0222. The normalized spacial score (nSPS) is 14.5. The van der Waals surface area contributed by atoms with Crippen LogP contribution in [-0.2, 0) is 65.4 Å². The Labute approximate surface area is 524 Å². The molecule has 86 heavy (non-hydrogen) atoms. The molecule has 17 nitrogen and oxygen atoms in total. The Kier molecular flexibility index (Phi) is 58.0. The van der Waals surface area contributed by atoms with Gasteiger partial charge in [0.15, 0.2) is 12.2 Å². The molecule has 0 aromatic heterocycles. The number of hydrogen-bond donors (Lipinski definition) is 3. The molecule has 0 bridgehead atoms. The summed E-state index contributed by atoms with van der Waals surface area (Å²) in [6, 6.07) is 0. The molecule has 0 aliphatic rings. The SMILES string of the molecule is CCCCCCCCCCC(=O)O[C@H](COC(=O)CCCCCCC)COP(=O)(O)OC[C@H](O)COP(=O)(O)OC[C@@H](COC(=O)CCCCCCCCCCC(C)C)OC(=O)CCCCCCCCCCCCCCCCCCCCC(C)CC. The highest BCUT2D eigenvalue weighted by Crippen LogP contribution is 2.45. The summed E-state index contributed by atoms with van der Waals surface area (Å²) in [5.74, 6) is -0.548. The van der Waals surface area contributed by atoms with Crippen molar-refractivity contribution in [3.05, 3.63) is 0 Å². The average Bonchev–Trinajstić information content (AvgIpc) is 3.69. The first-order chi connectivity index (χ1) is 41.4. The van der Waals surface area contributed by atoms with Crippen molar-refractivity contribution >= 4 is 39.5 Å². The summed E-state index contributed by atoms with van der Waals surface area (Å²) in [6.07, 6.45) is 43.7. The van der Waals surface area contributed by atoms with Crippen molar-refractivity contribution in [2.75, 3.05) is 39.6 Å². The lowest BCUT2D eigenvalue weighted by molar-refractivity contribution is -0.161. The first-order valence-electron chi connectivity index (χ1n) is 35.0. The van der Waals surface area contributed by atoms with Gasteiger partial charge in [-0.25, -0.2) is 9.13 Å². The molecule has 0 amide bonds. The molecule has 3 N–H and O–H groups in total. The van der Waals surface area contributed by atoms with E-state index in [1.54, 1.807) is 0 Å². The molecule has 0 aliphatic carbocycles. The fourth-order valence-electron chi connectivity index (χ4n) is 10.0. The maximum atomic E-state index is 13.0. The number of ether oxygens (including phenoxy) is 4. The maximum Gasteiger partial charge on any atom is 0.472 e. The van der Waals surface area contributed by atoms with Crippen LogP contribution in [-0.4, -0.2) is 96.7 Å². The second-order valence-electron chi connectivity index (χ2n) is 24.9. The van der Waals surface area contributed by atoms with Gasteiger partial charge in [-0.1, -0.05) is 286 Å². The average molecular weight is 1270 g/mol. The van der Waals surface area contributed by atoms with E-state index in [0.29, 0.717) is 25.7 Å². The topological polar surface area (TPSA) is 237 Å². The molecule has 19 heteroatoms. The van der Waals surface area contributed by atoms with E-state index in [1.807, 2.05) is 0 Å². The monoisotopic (exact) mass is 1270 g/mol. The minimum Gasteiger partial charge on any atom is -0.462 e. The molecule has 0 fully saturated rings. The minimum atomic E-state index is -4.95. The lowest BCUT2D eigenvalue weighted by Crippen LogP contribution is -2.30. The molecule has 0 rings (SSSR count). The molecular weight excluding hydrogens is 1140 g/mol. The zero-order valence-corrected chi connectivity index (χ0v) is 57.4. The maximum absolute atomic E-state index is 13.0. The van der Waals surface area contributed by atoms with Gasteiger partial charge in [0.05, 0.1) is 26.4 Å². The van der Waals surface area contributed by atoms with Crippen LogP contribution >= 0.6 is 15.6 Å². The summed E-state index contributed by atoms with van der Waals surface area (Å²) >= 11 is 0. The van der Waals surface area contributed by atoms with E-state index < -0.39 is 97.5 Å². The van der Waals surface area contributed by atoms with E-state index in [-0.39, 0.29) is 25.7 Å². The van der Waals surface area contributed by atoms with E-state index in [9.17, 15) is 43.2 Å². The number of carbonyl (C=O) groups excluding carboxylic acids is 4. The molecular formula is C67H130O17P2. The molecule has 0 aromatic rings. The summed E-state index contributed by atoms with van der Waals surface area (Å²) in [5.41, 5.74) is 0. The fraction of sp³-hybridized carbons (Fsp3) is 0.940. The Morgan fingerprint density at radius 3 is 0.884 bits per heavy atom. The Morgan fingerprint density at radius 2 is 0.593 bits per heavy atom. The second-order valence-corrected chi connectivity index (χ2v) is 27.8. The van der Waals surface area contributed by atoms with Crippen molar-refractivity contribution in [1.82, 2.24) is 0 Å². The third-order valence-electron chi connectivity index (χ3n) is 15.8. The number of unbranched alkanes of at least 4 members (excludes halogenated alkanes) is 35. The van der Waals surface area contributed by atoms with Crippen LogP contribution in [0, 0.1) is 11.8 Å². The predicted octanol–water partition coefficient (Wildman–Crippen LogP) is 18.8. The van der Waals surface area contributed by atoms with E-state index in [2.05, 4.69) is 41.5 Å². The van der Waals surface area contributed by atoms with Gasteiger partial charge in [-0.15, -0.1) is 0 Å². The predicted molar refractivity (Wildman–Crippen MR) is 345 cm³/mol. The van der Waals surface area contributed by atoms with Gasteiger partial charge in [-0.2, -0.15) is 0 Å². The summed E-state index contributed by atoms with van der Waals surface area (Å²) in [5, 5.41) is 10.5. The number of aliphatic hydroxyl groups is 1. The van der Waals surface area contributed by atoms with Crippen LogP contribution in [0.4, 0.5) is 0 Å². The molecule has 510 valence electrons. The molecule has 3 unspecified atom stereocenters. The zero-order valence-electron chi connectivity index (χ0n) is 55.6. The van der Waals surface area contributed by atoms with Crippen molar-refractivity contribution in [2.24, 2.45) is 11.8 Å². The van der Waals surface area contributed by atoms with E-state index in [1.165, 1.54) is 141 Å². The lowest BCUT2D eigenvalue weighted by Gasteiger charge is -2.21. The number of phosphoric ester groups is 2. The van der Waals surface area contributed by atoms with Crippen molar-refractivity contribution in [3.63, 3.8) is 0 Å². The van der Waals surface area contributed by atoms with Gasteiger partial charge in [0.1, 0.15) is 19.3 Å². The highest BCUT2D eigenvalue weighted by atomic mass is 31.2. The smallest absolute Gasteiger partial charge is 0.462 e. The number of rotatable bonds is 66. The summed E-state index contributed by atoms with van der Waals surface area (Å²) in [6.45, 7) is 9.43. The largest absolute Gasteiger partial charge is 0.472 e. The summed E-state index contributed by atoms with van der Waals surface area (Å²) in [4.78, 5) is 71.9. The molecule has 0 radical (unpaired) electrons. The molecule has 0 aromatic carbocycles. The Morgan fingerprint density at radius 1 is 0.337 bits per heavy atom. The van der Waals surface area contributed by atoms with Gasteiger partial charge >= 0.3 is 39.5 Å². The van der Waals surface area contributed by atoms with Crippen molar-refractivity contribution in [3.8, 4) is 0 Å². The number of hydrogen-bond acceptors (Lipinski definition) is 15. The third kappa shape index (κ3) is 59.7. The number of esters is 4. The Hall–Kier alpha value is -1.94. The van der Waals surface area contributed by atoms with E-state index in [4.69, 9.17) is 37.0 Å². The van der Waals surface area contributed by atoms with Crippen LogP contribution in [0.2, 0.25) is 0 Å². The lowest BCUT2D eigenvalue weighted by atomic mass is 9.99. The van der Waals surface area contributed by atoms with Gasteiger partial charge < -0.3 is 33.8 Å². The van der Waals surface area contributed by atoms with E-state index >= 15 is 0 Å². The van der Waals surface area contributed by atoms with Crippen molar-refractivity contribution < 1.29 is 80.2 Å². The van der Waals surface area contributed by atoms with E-state index in [0.717, 1.165) is 115 Å². The standard InChI is InChI=1S/C67H130O17P2/c1-7-10-12-14-15-32-39-45-51-66(71)83-62(55-77-64(69)49-43-35-13-11-8-2)57-81-85(73,74)79-53-61(68)54-80-86(75,76)82-58-63(56-78-65(70)50-44-38-33-29-28-30-36-41-47-59(4)5)84-67(72)52-46-40-34-27-25-23-21-19-17-16-18-20-22-24-26-31-37-42-48-60(6)9-3/h59-63,68H,7-58H2,1-6H3,(H,73,74)(H,75,76)/t60?,61-,62+,63+/m0/s1. The van der Waals surface area contributed by atoms with Crippen LogP contribution < -0.4 is 0 Å². The van der Waals surface area contributed by atoms with Gasteiger partial charge in [0, 0.05) is 25.7 Å². The van der Waals surface area contributed by atoms with Crippen LogP contribution in [0.5, 0.6) is 0 Å². The molecule has 0 spiro atoms. The van der Waals surface area contributed by atoms with Crippen LogP contribution in [0.25, 0.3) is 0 Å². The fourth-order valence-corrected chi connectivity index (χ4v) is 11.6. The number of aliphatic hydroxyl groups excluding tert-OH is 1. The number of carbonyl (C=O) groups is 4. The Balaban J connectivity index is 5.06.